The zero-order valence-electron chi connectivity index (χ0n) is 27.2. The van der Waals surface area contributed by atoms with Crippen LogP contribution < -0.4 is 0 Å². The first-order chi connectivity index (χ1) is 18.2. The van der Waals surface area contributed by atoms with Gasteiger partial charge in [-0.1, -0.05) is 88.5 Å². The number of Topliss-reactive ketones (excluding diaryl/α,β-unsaturated/α-hetero) is 2. The van der Waals surface area contributed by atoms with Crippen LogP contribution >= 0.6 is 0 Å². The van der Waals surface area contributed by atoms with Crippen LogP contribution in [0.5, 0.6) is 0 Å². The highest BCUT2D eigenvalue weighted by molar-refractivity contribution is 6.09. The van der Waals surface area contributed by atoms with Crippen molar-refractivity contribution in [1.29, 1.82) is 0 Å². The molecule has 2 aliphatic carbocycles. The molecule has 0 aromatic rings. The van der Waals surface area contributed by atoms with Crippen molar-refractivity contribution in [3.05, 3.63) is 22.7 Å². The van der Waals surface area contributed by atoms with E-state index in [1.807, 2.05) is 13.8 Å². The molecule has 0 aliphatic heterocycles. The zero-order valence-corrected chi connectivity index (χ0v) is 27.2. The summed E-state index contributed by atoms with van der Waals surface area (Å²) in [6, 6.07) is 0. The van der Waals surface area contributed by atoms with E-state index in [1.54, 1.807) is 7.11 Å². The van der Waals surface area contributed by atoms with E-state index < -0.39 is 11.3 Å². The van der Waals surface area contributed by atoms with E-state index in [1.165, 1.54) is 0 Å². The van der Waals surface area contributed by atoms with Crippen LogP contribution in [0, 0.1) is 52.8 Å². The van der Waals surface area contributed by atoms with Crippen LogP contribution in [0.25, 0.3) is 0 Å². The van der Waals surface area contributed by atoms with E-state index in [2.05, 4.69) is 55.4 Å². The van der Waals surface area contributed by atoms with Gasteiger partial charge < -0.3 is 9.84 Å². The average Bonchev–Trinajstić information content (AvgIpc) is 2.83. The Morgan fingerprint density at radius 3 is 1.90 bits per heavy atom. The van der Waals surface area contributed by atoms with Crippen LogP contribution in [0.4, 0.5) is 0 Å². The van der Waals surface area contributed by atoms with E-state index in [9.17, 15) is 14.7 Å². The van der Waals surface area contributed by atoms with E-state index in [4.69, 9.17) is 4.74 Å². The topological polar surface area (TPSA) is 63.6 Å². The number of ether oxygens (including phenoxy) is 1. The predicted octanol–water partition coefficient (Wildman–Crippen LogP) is 9.49. The Hall–Kier alpha value is -1.58. The highest BCUT2D eigenvalue weighted by atomic mass is 16.5. The average molecular weight is 545 g/mol. The van der Waals surface area contributed by atoms with Gasteiger partial charge in [-0.25, -0.2) is 0 Å². The highest BCUT2D eigenvalue weighted by Gasteiger charge is 2.64. The van der Waals surface area contributed by atoms with Crippen LogP contribution in [-0.4, -0.2) is 23.8 Å². The summed E-state index contributed by atoms with van der Waals surface area (Å²) in [5.41, 5.74) is 0.385. The molecule has 0 spiro atoms. The molecule has 4 heteroatoms. The zero-order chi connectivity index (χ0) is 29.7. The summed E-state index contributed by atoms with van der Waals surface area (Å²) in [5.74, 6) is 2.08. The van der Waals surface area contributed by atoms with Crippen LogP contribution in [-0.2, 0) is 14.3 Å². The van der Waals surface area contributed by atoms with Gasteiger partial charge in [0.05, 0.1) is 7.11 Å². The minimum Gasteiger partial charge on any atom is -0.511 e. The lowest BCUT2D eigenvalue weighted by atomic mass is 9.47. The minimum absolute atomic E-state index is 0.0213. The lowest BCUT2D eigenvalue weighted by Crippen LogP contribution is -2.58. The third kappa shape index (κ3) is 7.39. The van der Waals surface area contributed by atoms with Crippen LogP contribution in [0.2, 0.25) is 0 Å². The van der Waals surface area contributed by atoms with Crippen molar-refractivity contribution >= 4 is 11.6 Å². The van der Waals surface area contributed by atoms with Crippen molar-refractivity contribution in [3.8, 4) is 0 Å². The first kappa shape index (κ1) is 33.6. The molecule has 0 radical (unpaired) electrons. The highest BCUT2D eigenvalue weighted by Crippen LogP contribution is 2.61. The molecule has 4 nitrogen and oxygen atoms in total. The largest absolute Gasteiger partial charge is 0.511 e. The molecule has 0 aromatic carbocycles. The molecule has 4 atom stereocenters. The van der Waals surface area contributed by atoms with Gasteiger partial charge in [-0.3, -0.25) is 9.59 Å². The molecule has 0 heterocycles. The summed E-state index contributed by atoms with van der Waals surface area (Å²) in [7, 11) is 1.65. The molecular formula is C35H60O4. The number of methoxy groups -OCH3 is 1. The minimum atomic E-state index is -1.18. The van der Waals surface area contributed by atoms with Gasteiger partial charge in [0, 0.05) is 23.0 Å². The van der Waals surface area contributed by atoms with Gasteiger partial charge >= 0.3 is 0 Å². The van der Waals surface area contributed by atoms with Crippen LogP contribution in [0.1, 0.15) is 127 Å². The second-order valence-electron chi connectivity index (χ2n) is 14.5. The molecule has 224 valence electrons. The van der Waals surface area contributed by atoms with Gasteiger partial charge in [0.2, 0.25) is 0 Å². The molecule has 2 rings (SSSR count). The van der Waals surface area contributed by atoms with Crippen molar-refractivity contribution in [1.82, 2.24) is 0 Å². The standard InChI is InChI=1S/C35H60O4/c1-21(2)13-12-14-26-27(17-15-22(3)4)30(31(36)25(9)10)35(20-19-24(7)8)33(37)28(18-16-23(5)6)32(39-11)29(26)34(35)38/h21-27,30,37H,12-20H2,1-11H3. The number of carbonyl (C=O) groups excluding carboxylic acids is 2. The molecule has 0 amide bonds. The van der Waals surface area contributed by atoms with Gasteiger partial charge in [-0.05, 0) is 74.0 Å². The number of rotatable bonds is 16. The summed E-state index contributed by atoms with van der Waals surface area (Å²) in [6.45, 7) is 21.6. The molecule has 4 unspecified atom stereocenters. The van der Waals surface area contributed by atoms with Crippen molar-refractivity contribution in [3.63, 3.8) is 0 Å². The Balaban J connectivity index is 2.92. The third-order valence-corrected chi connectivity index (χ3v) is 9.26. The number of ketones is 2. The van der Waals surface area contributed by atoms with Crippen LogP contribution in [0.3, 0.4) is 0 Å². The van der Waals surface area contributed by atoms with Gasteiger partial charge in [0.15, 0.2) is 5.78 Å². The van der Waals surface area contributed by atoms with Gasteiger partial charge in [-0.2, -0.15) is 0 Å². The fourth-order valence-electron chi connectivity index (χ4n) is 7.04. The first-order valence-corrected chi connectivity index (χ1v) is 16.0. The molecule has 0 aromatic heterocycles. The summed E-state index contributed by atoms with van der Waals surface area (Å²) in [6.07, 6.45) is 7.75. The molecule has 39 heavy (non-hydrogen) atoms. The van der Waals surface area contributed by atoms with Crippen molar-refractivity contribution in [2.75, 3.05) is 7.11 Å². The maximum atomic E-state index is 14.8. The lowest BCUT2D eigenvalue weighted by molar-refractivity contribution is -0.149. The number of hydrogen-bond donors (Lipinski definition) is 1. The van der Waals surface area contributed by atoms with Crippen LogP contribution in [0.15, 0.2) is 22.7 Å². The number of aliphatic hydroxyl groups excluding tert-OH is 1. The number of fused-ring (bicyclic) bond motifs is 2. The number of aliphatic hydroxyl groups is 1. The second kappa shape index (κ2) is 14.4. The van der Waals surface area contributed by atoms with E-state index >= 15 is 0 Å². The molecule has 2 aliphatic rings. The number of carbonyl (C=O) groups is 2. The monoisotopic (exact) mass is 544 g/mol. The Morgan fingerprint density at radius 2 is 1.41 bits per heavy atom. The maximum absolute atomic E-state index is 14.8. The maximum Gasteiger partial charge on any atom is 0.177 e. The fourth-order valence-corrected chi connectivity index (χ4v) is 7.04. The lowest BCUT2D eigenvalue weighted by Gasteiger charge is -2.54. The summed E-state index contributed by atoms with van der Waals surface area (Å²) in [5, 5.41) is 12.3. The predicted molar refractivity (Wildman–Crippen MR) is 162 cm³/mol. The van der Waals surface area contributed by atoms with Gasteiger partial charge in [0.25, 0.3) is 0 Å². The van der Waals surface area contributed by atoms with E-state index in [0.717, 1.165) is 56.1 Å². The molecular weight excluding hydrogens is 484 g/mol. The smallest absolute Gasteiger partial charge is 0.177 e. The van der Waals surface area contributed by atoms with Gasteiger partial charge in [-0.15, -0.1) is 0 Å². The Labute approximate surface area is 240 Å². The Kier molecular flexibility index (Phi) is 12.4. The summed E-state index contributed by atoms with van der Waals surface area (Å²) < 4.78 is 6.06. The van der Waals surface area contributed by atoms with E-state index in [0.29, 0.717) is 42.3 Å². The normalized spacial score (nSPS) is 25.7. The Bertz CT molecular complexity index is 904. The summed E-state index contributed by atoms with van der Waals surface area (Å²) in [4.78, 5) is 29.2. The van der Waals surface area contributed by atoms with Gasteiger partial charge in [0.1, 0.15) is 22.7 Å². The molecule has 1 fully saturated rings. The fraction of sp³-hybridized carbons (Fsp3) is 0.829. The first-order valence-electron chi connectivity index (χ1n) is 16.0. The van der Waals surface area contributed by atoms with Crippen molar-refractivity contribution < 1.29 is 19.4 Å². The SMILES string of the molecule is COC1=C2C(=O)C(CCC(C)C)(C(O)=C1CCC(C)C)C(C(=O)C(C)C)C(CCC(C)C)C2CCCC(C)C. The molecule has 0 saturated heterocycles. The van der Waals surface area contributed by atoms with Crippen molar-refractivity contribution in [2.45, 2.75) is 127 Å². The number of allylic oxidation sites excluding steroid dienone is 3. The molecule has 1 saturated carbocycles. The Morgan fingerprint density at radius 1 is 0.846 bits per heavy atom. The van der Waals surface area contributed by atoms with E-state index in [-0.39, 0.29) is 35.1 Å². The number of hydrogen-bond acceptors (Lipinski definition) is 4. The second-order valence-corrected chi connectivity index (χ2v) is 14.5. The molecule has 1 N–H and O–H groups in total. The van der Waals surface area contributed by atoms with Crippen molar-refractivity contribution in [2.24, 2.45) is 52.8 Å². The molecule has 2 bridgehead atoms. The summed E-state index contributed by atoms with van der Waals surface area (Å²) >= 11 is 0. The third-order valence-electron chi connectivity index (χ3n) is 9.26. The quantitative estimate of drug-likeness (QED) is 0.210.